The number of aliphatic hydroxyl groups excluding tert-OH is 1. The number of sulfonamides is 1. The van der Waals surface area contributed by atoms with Crippen molar-refractivity contribution >= 4 is 10.0 Å². The Hall–Kier alpha value is -0.910. The largest absolute Gasteiger partial charge is 0.395 e. The Kier molecular flexibility index (Phi) is 5.31. The van der Waals surface area contributed by atoms with Gasteiger partial charge in [-0.05, 0) is 25.0 Å². The molecule has 0 aliphatic heterocycles. The first-order valence-electron chi connectivity index (χ1n) is 6.10. The van der Waals surface area contributed by atoms with E-state index in [0.29, 0.717) is 0 Å². The highest BCUT2D eigenvalue weighted by Gasteiger charge is 2.22. The van der Waals surface area contributed by atoms with Gasteiger partial charge in [0.05, 0.1) is 11.5 Å². The molecule has 0 amide bonds. The van der Waals surface area contributed by atoms with Crippen molar-refractivity contribution < 1.29 is 13.5 Å². The molecule has 102 valence electrons. The maximum Gasteiger partial charge on any atom is 0.240 e. The molecule has 0 spiro atoms. The van der Waals surface area contributed by atoms with Crippen LogP contribution in [0, 0.1) is 12.8 Å². The number of nitrogens with one attached hydrogen (secondary N) is 1. The van der Waals surface area contributed by atoms with Crippen LogP contribution in [0.1, 0.15) is 25.8 Å². The second-order valence-electron chi connectivity index (χ2n) is 4.61. The first-order chi connectivity index (χ1) is 8.40. The van der Waals surface area contributed by atoms with Crippen LogP contribution in [0.4, 0.5) is 0 Å². The minimum Gasteiger partial charge on any atom is -0.395 e. The Morgan fingerprint density at radius 3 is 2.28 bits per heavy atom. The standard InChI is InChI=1S/C13H21NO3S/c1-4-11(3)13(9-15)14-18(16,17)12-7-5-10(2)6-8-12/h5-8,11,13-15H,4,9H2,1-3H3/t11?,13-/m1/s1. The van der Waals surface area contributed by atoms with Crippen molar-refractivity contribution in [2.24, 2.45) is 5.92 Å². The van der Waals surface area contributed by atoms with Crippen LogP contribution in [0.5, 0.6) is 0 Å². The highest BCUT2D eigenvalue weighted by molar-refractivity contribution is 7.89. The van der Waals surface area contributed by atoms with Gasteiger partial charge in [-0.2, -0.15) is 0 Å². The van der Waals surface area contributed by atoms with Gasteiger partial charge < -0.3 is 5.11 Å². The summed E-state index contributed by atoms with van der Waals surface area (Å²) in [6.07, 6.45) is 0.807. The smallest absolute Gasteiger partial charge is 0.240 e. The van der Waals surface area contributed by atoms with Crippen molar-refractivity contribution in [3.8, 4) is 0 Å². The van der Waals surface area contributed by atoms with Gasteiger partial charge >= 0.3 is 0 Å². The van der Waals surface area contributed by atoms with E-state index in [9.17, 15) is 13.5 Å². The highest BCUT2D eigenvalue weighted by Crippen LogP contribution is 2.14. The number of benzene rings is 1. The van der Waals surface area contributed by atoms with Crippen LogP contribution in [0.25, 0.3) is 0 Å². The van der Waals surface area contributed by atoms with Gasteiger partial charge in [0, 0.05) is 6.04 Å². The van der Waals surface area contributed by atoms with Crippen molar-refractivity contribution in [1.82, 2.24) is 4.72 Å². The molecule has 1 rings (SSSR count). The van der Waals surface area contributed by atoms with E-state index in [1.165, 1.54) is 0 Å². The van der Waals surface area contributed by atoms with E-state index in [1.807, 2.05) is 20.8 Å². The second kappa shape index (κ2) is 6.31. The lowest BCUT2D eigenvalue weighted by Crippen LogP contribution is -2.41. The van der Waals surface area contributed by atoms with Crippen molar-refractivity contribution in [2.75, 3.05) is 6.61 Å². The number of aliphatic hydroxyl groups is 1. The molecule has 0 fully saturated rings. The van der Waals surface area contributed by atoms with Crippen LogP contribution < -0.4 is 4.72 Å². The van der Waals surface area contributed by atoms with Crippen molar-refractivity contribution in [3.05, 3.63) is 29.8 Å². The number of hydrogen-bond donors (Lipinski definition) is 2. The Bertz CT molecular complexity index is 468. The van der Waals surface area contributed by atoms with E-state index in [1.54, 1.807) is 24.3 Å². The minimum atomic E-state index is -3.55. The molecule has 1 aromatic carbocycles. The van der Waals surface area contributed by atoms with Crippen LogP contribution >= 0.6 is 0 Å². The molecular formula is C13H21NO3S. The van der Waals surface area contributed by atoms with Crippen LogP contribution in [-0.2, 0) is 10.0 Å². The Morgan fingerprint density at radius 2 is 1.83 bits per heavy atom. The molecule has 1 aromatic rings. The molecule has 0 bridgehead atoms. The zero-order valence-electron chi connectivity index (χ0n) is 11.1. The normalized spacial score (nSPS) is 15.3. The Morgan fingerprint density at radius 1 is 1.28 bits per heavy atom. The fraction of sp³-hybridized carbons (Fsp3) is 0.538. The monoisotopic (exact) mass is 271 g/mol. The quantitative estimate of drug-likeness (QED) is 0.827. The lowest BCUT2D eigenvalue weighted by atomic mass is 10.0. The molecule has 0 radical (unpaired) electrons. The third kappa shape index (κ3) is 3.80. The first kappa shape index (κ1) is 15.1. The minimum absolute atomic E-state index is 0.0928. The molecule has 0 aliphatic rings. The predicted molar refractivity (Wildman–Crippen MR) is 71.8 cm³/mol. The fourth-order valence-electron chi connectivity index (χ4n) is 1.60. The van der Waals surface area contributed by atoms with E-state index < -0.39 is 16.1 Å². The molecular weight excluding hydrogens is 250 g/mol. The average molecular weight is 271 g/mol. The van der Waals surface area contributed by atoms with Crippen LogP contribution in [0.3, 0.4) is 0 Å². The number of rotatable bonds is 6. The van der Waals surface area contributed by atoms with Gasteiger partial charge in [0.25, 0.3) is 0 Å². The summed E-state index contributed by atoms with van der Waals surface area (Å²) in [5, 5.41) is 9.25. The molecule has 0 saturated heterocycles. The summed E-state index contributed by atoms with van der Waals surface area (Å²) in [4.78, 5) is 0.231. The van der Waals surface area contributed by atoms with Gasteiger partial charge in [0.15, 0.2) is 0 Å². The summed E-state index contributed by atoms with van der Waals surface area (Å²) < 4.78 is 26.8. The first-order valence-corrected chi connectivity index (χ1v) is 7.59. The van der Waals surface area contributed by atoms with Gasteiger partial charge in [-0.15, -0.1) is 0 Å². The molecule has 1 unspecified atom stereocenters. The Balaban J connectivity index is 2.90. The second-order valence-corrected chi connectivity index (χ2v) is 6.32. The summed E-state index contributed by atoms with van der Waals surface area (Å²) in [5.41, 5.74) is 1.01. The summed E-state index contributed by atoms with van der Waals surface area (Å²) >= 11 is 0. The average Bonchev–Trinajstić information content (AvgIpc) is 2.35. The van der Waals surface area contributed by atoms with E-state index >= 15 is 0 Å². The summed E-state index contributed by atoms with van der Waals surface area (Å²) in [5.74, 6) is 0.0928. The lowest BCUT2D eigenvalue weighted by molar-refractivity contribution is 0.219. The van der Waals surface area contributed by atoms with Crippen molar-refractivity contribution in [3.63, 3.8) is 0 Å². The predicted octanol–water partition coefficient (Wildman–Crippen LogP) is 1.68. The summed E-state index contributed by atoms with van der Waals surface area (Å²) in [6, 6.07) is 6.21. The highest BCUT2D eigenvalue weighted by atomic mass is 32.2. The van der Waals surface area contributed by atoms with Crippen molar-refractivity contribution in [1.29, 1.82) is 0 Å². The molecule has 5 heteroatoms. The fourth-order valence-corrected chi connectivity index (χ4v) is 2.94. The van der Waals surface area contributed by atoms with Crippen LogP contribution in [0.2, 0.25) is 0 Å². The molecule has 0 saturated carbocycles. The van der Waals surface area contributed by atoms with E-state index in [2.05, 4.69) is 4.72 Å². The van der Waals surface area contributed by atoms with E-state index in [-0.39, 0.29) is 17.4 Å². The maximum absolute atomic E-state index is 12.1. The third-order valence-corrected chi connectivity index (χ3v) is 4.67. The molecule has 18 heavy (non-hydrogen) atoms. The van der Waals surface area contributed by atoms with Gasteiger partial charge in [-0.25, -0.2) is 13.1 Å². The summed E-state index contributed by atoms with van der Waals surface area (Å²) in [7, 11) is -3.55. The van der Waals surface area contributed by atoms with E-state index in [4.69, 9.17) is 0 Å². The zero-order chi connectivity index (χ0) is 13.8. The SMILES string of the molecule is CCC(C)[C@@H](CO)NS(=O)(=O)c1ccc(C)cc1. The summed E-state index contributed by atoms with van der Waals surface area (Å²) in [6.45, 7) is 5.59. The molecule has 4 nitrogen and oxygen atoms in total. The van der Waals surface area contributed by atoms with Gasteiger partial charge in [0.2, 0.25) is 10.0 Å². The van der Waals surface area contributed by atoms with Crippen LogP contribution in [-0.4, -0.2) is 26.2 Å². The molecule has 2 atom stereocenters. The maximum atomic E-state index is 12.1. The number of aryl methyl sites for hydroxylation is 1. The zero-order valence-corrected chi connectivity index (χ0v) is 11.9. The molecule has 0 aromatic heterocycles. The van der Waals surface area contributed by atoms with Crippen molar-refractivity contribution in [2.45, 2.75) is 38.1 Å². The third-order valence-electron chi connectivity index (χ3n) is 3.17. The van der Waals surface area contributed by atoms with E-state index in [0.717, 1.165) is 12.0 Å². The number of hydrogen-bond acceptors (Lipinski definition) is 3. The topological polar surface area (TPSA) is 66.4 Å². The van der Waals surface area contributed by atoms with Gasteiger partial charge in [-0.3, -0.25) is 0 Å². The van der Waals surface area contributed by atoms with Gasteiger partial charge in [0.1, 0.15) is 0 Å². The van der Waals surface area contributed by atoms with Gasteiger partial charge in [-0.1, -0.05) is 38.0 Å². The lowest BCUT2D eigenvalue weighted by Gasteiger charge is -2.22. The van der Waals surface area contributed by atoms with Crippen LogP contribution in [0.15, 0.2) is 29.2 Å². The molecule has 0 aliphatic carbocycles. The Labute approximate surface area is 109 Å². The molecule has 0 heterocycles. The molecule has 2 N–H and O–H groups in total.